The monoisotopic (exact) mass is 493 g/mol. The van der Waals surface area contributed by atoms with Gasteiger partial charge in [0.15, 0.2) is 11.3 Å². The van der Waals surface area contributed by atoms with Crippen molar-refractivity contribution in [2.45, 2.75) is 72.8 Å². The minimum atomic E-state index is -0.230. The van der Waals surface area contributed by atoms with Crippen molar-refractivity contribution in [2.75, 3.05) is 13.2 Å². The number of aromatic amines is 1. The normalized spacial score (nSPS) is 11.5. The SMILES string of the molecule is CCCCc1c(CCO)nnn1Cc1ccc(OCC)c(-c2nn3c(CCC)nc(C)c3c(=O)[nH]2)c1. The molecule has 0 spiro atoms. The van der Waals surface area contributed by atoms with Crippen molar-refractivity contribution in [3.8, 4) is 17.1 Å². The summed E-state index contributed by atoms with van der Waals surface area (Å²) in [5.74, 6) is 1.84. The minimum Gasteiger partial charge on any atom is -0.493 e. The first kappa shape index (κ1) is 25.6. The van der Waals surface area contributed by atoms with E-state index in [2.05, 4.69) is 34.1 Å². The van der Waals surface area contributed by atoms with E-state index in [-0.39, 0.29) is 12.2 Å². The van der Waals surface area contributed by atoms with Crippen molar-refractivity contribution < 1.29 is 9.84 Å². The van der Waals surface area contributed by atoms with E-state index in [0.717, 1.165) is 54.9 Å². The summed E-state index contributed by atoms with van der Waals surface area (Å²) in [7, 11) is 0. The summed E-state index contributed by atoms with van der Waals surface area (Å²) in [6.07, 6.45) is 5.06. The van der Waals surface area contributed by atoms with Crippen LogP contribution in [0.5, 0.6) is 5.75 Å². The number of aromatic nitrogens is 7. The Hall–Kier alpha value is -3.53. The summed E-state index contributed by atoms with van der Waals surface area (Å²) >= 11 is 0. The van der Waals surface area contributed by atoms with E-state index < -0.39 is 0 Å². The molecule has 0 saturated carbocycles. The second-order valence-electron chi connectivity index (χ2n) is 8.91. The molecule has 3 aromatic heterocycles. The van der Waals surface area contributed by atoms with Gasteiger partial charge in [-0.25, -0.2) is 14.2 Å². The second-order valence-corrected chi connectivity index (χ2v) is 8.91. The first-order chi connectivity index (χ1) is 17.5. The average molecular weight is 494 g/mol. The molecule has 0 fully saturated rings. The van der Waals surface area contributed by atoms with Crippen LogP contribution in [0.2, 0.25) is 0 Å². The fourth-order valence-corrected chi connectivity index (χ4v) is 4.47. The molecular formula is C26H35N7O3. The van der Waals surface area contributed by atoms with Gasteiger partial charge in [-0.1, -0.05) is 31.5 Å². The predicted molar refractivity (Wildman–Crippen MR) is 137 cm³/mol. The Balaban J connectivity index is 1.78. The number of imidazole rings is 1. The van der Waals surface area contributed by atoms with E-state index in [0.29, 0.717) is 47.9 Å². The molecule has 0 aliphatic rings. The quantitative estimate of drug-likeness (QED) is 0.310. The molecule has 36 heavy (non-hydrogen) atoms. The number of ether oxygens (including phenoxy) is 1. The molecule has 4 aromatic rings. The maximum Gasteiger partial charge on any atom is 0.277 e. The smallest absolute Gasteiger partial charge is 0.277 e. The zero-order valence-corrected chi connectivity index (χ0v) is 21.5. The molecule has 192 valence electrons. The van der Waals surface area contributed by atoms with Crippen LogP contribution in [0.4, 0.5) is 0 Å². The van der Waals surface area contributed by atoms with Crippen LogP contribution in [0.3, 0.4) is 0 Å². The Kier molecular flexibility index (Phi) is 8.14. The highest BCUT2D eigenvalue weighted by atomic mass is 16.5. The van der Waals surface area contributed by atoms with E-state index in [1.54, 1.807) is 4.52 Å². The molecule has 0 bridgehead atoms. The van der Waals surface area contributed by atoms with E-state index in [1.807, 2.05) is 36.7 Å². The number of aliphatic hydroxyl groups is 1. The lowest BCUT2D eigenvalue weighted by Gasteiger charge is -2.13. The third-order valence-electron chi connectivity index (χ3n) is 6.18. The highest BCUT2D eigenvalue weighted by molar-refractivity contribution is 5.66. The fraction of sp³-hybridized carbons (Fsp3) is 0.500. The van der Waals surface area contributed by atoms with Crippen molar-refractivity contribution in [3.05, 3.63) is 57.0 Å². The Morgan fingerprint density at radius 3 is 2.67 bits per heavy atom. The van der Waals surface area contributed by atoms with Gasteiger partial charge in [0.2, 0.25) is 0 Å². The highest BCUT2D eigenvalue weighted by Gasteiger charge is 2.18. The van der Waals surface area contributed by atoms with Crippen molar-refractivity contribution in [1.82, 2.24) is 34.6 Å². The Labute approximate surface area is 210 Å². The maximum absolute atomic E-state index is 13.0. The number of nitrogens with one attached hydrogen (secondary N) is 1. The molecule has 0 aliphatic carbocycles. The van der Waals surface area contributed by atoms with Crippen LogP contribution in [-0.4, -0.2) is 52.9 Å². The van der Waals surface area contributed by atoms with Crippen molar-refractivity contribution in [1.29, 1.82) is 0 Å². The lowest BCUT2D eigenvalue weighted by molar-refractivity contribution is 0.297. The molecule has 0 atom stereocenters. The summed E-state index contributed by atoms with van der Waals surface area (Å²) in [6.45, 7) is 9.01. The number of nitrogens with zero attached hydrogens (tertiary/aromatic N) is 6. The standard InChI is InChI=1S/C26H35N7O3/c1-5-8-10-21-20(13-14-34)29-31-32(21)16-18-11-12-22(36-7-3)19(15-18)25-28-26(35)24-17(4)27-23(9-6-2)33(24)30-25/h11-12,15,34H,5-10,13-14,16H2,1-4H3,(H,28,30,35). The van der Waals surface area contributed by atoms with Gasteiger partial charge in [-0.05, 0) is 50.8 Å². The van der Waals surface area contributed by atoms with Gasteiger partial charge in [0.1, 0.15) is 11.6 Å². The van der Waals surface area contributed by atoms with E-state index in [9.17, 15) is 9.90 Å². The molecule has 10 nitrogen and oxygen atoms in total. The number of benzene rings is 1. The second kappa shape index (κ2) is 11.5. The number of hydrogen-bond acceptors (Lipinski definition) is 7. The molecule has 0 saturated heterocycles. The van der Waals surface area contributed by atoms with Gasteiger partial charge in [0.05, 0.1) is 35.8 Å². The third-order valence-corrected chi connectivity index (χ3v) is 6.18. The Morgan fingerprint density at radius 2 is 1.94 bits per heavy atom. The summed E-state index contributed by atoms with van der Waals surface area (Å²) in [4.78, 5) is 20.5. The third kappa shape index (κ3) is 5.18. The van der Waals surface area contributed by atoms with Gasteiger partial charge >= 0.3 is 0 Å². The topological polar surface area (TPSA) is 123 Å². The fourth-order valence-electron chi connectivity index (χ4n) is 4.47. The first-order valence-corrected chi connectivity index (χ1v) is 12.8. The van der Waals surface area contributed by atoms with Crippen molar-refractivity contribution in [2.24, 2.45) is 0 Å². The number of aliphatic hydroxyl groups excluding tert-OH is 1. The number of rotatable bonds is 12. The van der Waals surface area contributed by atoms with Crippen LogP contribution in [0.25, 0.3) is 16.9 Å². The van der Waals surface area contributed by atoms with Gasteiger partial charge in [-0.15, -0.1) is 10.2 Å². The average Bonchev–Trinajstić information content (AvgIpc) is 3.39. The zero-order valence-electron chi connectivity index (χ0n) is 21.5. The number of unbranched alkanes of at least 4 members (excludes halogenated alkanes) is 1. The van der Waals surface area contributed by atoms with E-state index in [1.165, 1.54) is 0 Å². The lowest BCUT2D eigenvalue weighted by atomic mass is 10.1. The molecule has 3 heterocycles. The Morgan fingerprint density at radius 1 is 1.11 bits per heavy atom. The number of hydrogen-bond donors (Lipinski definition) is 2. The van der Waals surface area contributed by atoms with Crippen LogP contribution in [0.15, 0.2) is 23.0 Å². The van der Waals surface area contributed by atoms with Crippen LogP contribution < -0.4 is 10.3 Å². The number of aryl methyl sites for hydroxylation is 2. The van der Waals surface area contributed by atoms with E-state index >= 15 is 0 Å². The largest absolute Gasteiger partial charge is 0.493 e. The molecule has 0 unspecified atom stereocenters. The molecule has 2 N–H and O–H groups in total. The molecule has 0 amide bonds. The van der Waals surface area contributed by atoms with Crippen LogP contribution >= 0.6 is 0 Å². The summed E-state index contributed by atoms with van der Waals surface area (Å²) in [6, 6.07) is 5.88. The molecule has 4 rings (SSSR count). The van der Waals surface area contributed by atoms with Crippen LogP contribution in [-0.2, 0) is 25.8 Å². The van der Waals surface area contributed by atoms with Crippen LogP contribution in [0, 0.1) is 6.92 Å². The molecular weight excluding hydrogens is 458 g/mol. The lowest BCUT2D eigenvalue weighted by Crippen LogP contribution is -2.16. The minimum absolute atomic E-state index is 0.0419. The van der Waals surface area contributed by atoms with Gasteiger partial charge in [0.25, 0.3) is 5.56 Å². The molecule has 10 heteroatoms. The zero-order chi connectivity index (χ0) is 25.7. The summed E-state index contributed by atoms with van der Waals surface area (Å²) in [5, 5.41) is 22.9. The highest BCUT2D eigenvalue weighted by Crippen LogP contribution is 2.29. The molecule has 0 radical (unpaired) electrons. The molecule has 1 aromatic carbocycles. The first-order valence-electron chi connectivity index (χ1n) is 12.8. The van der Waals surface area contributed by atoms with Crippen molar-refractivity contribution in [3.63, 3.8) is 0 Å². The van der Waals surface area contributed by atoms with Crippen LogP contribution in [0.1, 0.15) is 68.5 Å². The maximum atomic E-state index is 13.0. The van der Waals surface area contributed by atoms with Gasteiger partial charge in [-0.3, -0.25) is 4.79 Å². The van der Waals surface area contributed by atoms with Gasteiger partial charge in [0, 0.05) is 19.4 Å². The Bertz CT molecular complexity index is 1390. The summed E-state index contributed by atoms with van der Waals surface area (Å²) < 4.78 is 9.46. The van der Waals surface area contributed by atoms with Gasteiger partial charge < -0.3 is 14.8 Å². The summed E-state index contributed by atoms with van der Waals surface area (Å²) in [5.41, 5.74) is 4.47. The number of H-pyrrole nitrogens is 1. The number of fused-ring (bicyclic) bond motifs is 1. The predicted octanol–water partition coefficient (Wildman–Crippen LogP) is 3.26. The molecule has 0 aliphatic heterocycles. The van der Waals surface area contributed by atoms with E-state index in [4.69, 9.17) is 9.84 Å². The van der Waals surface area contributed by atoms with Crippen molar-refractivity contribution >= 4 is 5.52 Å². The van der Waals surface area contributed by atoms with Gasteiger partial charge in [-0.2, -0.15) is 0 Å².